The van der Waals surface area contributed by atoms with E-state index in [4.69, 9.17) is 4.74 Å². The molecular formula is C13H28N2O2. The Labute approximate surface area is 106 Å². The van der Waals surface area contributed by atoms with Crippen LogP contribution in [-0.4, -0.2) is 50.7 Å². The molecule has 1 unspecified atom stereocenters. The van der Waals surface area contributed by atoms with Gasteiger partial charge in [0, 0.05) is 13.1 Å². The van der Waals surface area contributed by atoms with E-state index in [2.05, 4.69) is 31.0 Å². The number of esters is 1. The molecule has 102 valence electrons. The summed E-state index contributed by atoms with van der Waals surface area (Å²) in [5, 5.41) is 3.01. The highest BCUT2D eigenvalue weighted by atomic mass is 16.5. The van der Waals surface area contributed by atoms with E-state index in [0.717, 1.165) is 19.6 Å². The fourth-order valence-corrected chi connectivity index (χ4v) is 1.93. The summed E-state index contributed by atoms with van der Waals surface area (Å²) in [4.78, 5) is 13.8. The lowest BCUT2D eigenvalue weighted by Gasteiger charge is -2.28. The van der Waals surface area contributed by atoms with Crippen molar-refractivity contribution in [2.75, 3.05) is 33.8 Å². The number of carbonyl (C=O) groups excluding carboxylic acids is 1. The molecule has 4 nitrogen and oxygen atoms in total. The SMILES string of the molecule is CCC(CC)CN(CC)CC(NC)C(=O)OC. The number of methoxy groups -OCH3 is 1. The van der Waals surface area contributed by atoms with Crippen LogP contribution >= 0.6 is 0 Å². The van der Waals surface area contributed by atoms with Gasteiger partial charge in [-0.25, -0.2) is 0 Å². The third-order valence-electron chi connectivity index (χ3n) is 3.39. The molecule has 17 heavy (non-hydrogen) atoms. The zero-order valence-electron chi connectivity index (χ0n) is 12.0. The normalized spacial score (nSPS) is 13.1. The van der Waals surface area contributed by atoms with E-state index in [1.807, 2.05) is 0 Å². The molecule has 0 saturated heterocycles. The summed E-state index contributed by atoms with van der Waals surface area (Å²) in [6, 6.07) is -0.227. The predicted octanol–water partition coefficient (Wildman–Crippen LogP) is 1.51. The molecular weight excluding hydrogens is 216 g/mol. The molecule has 1 atom stereocenters. The molecule has 0 rings (SSSR count). The van der Waals surface area contributed by atoms with Gasteiger partial charge in [0.15, 0.2) is 0 Å². The topological polar surface area (TPSA) is 41.6 Å². The first-order chi connectivity index (χ1) is 8.12. The molecule has 0 aliphatic rings. The molecule has 0 aromatic carbocycles. The number of likely N-dealkylation sites (N-methyl/N-ethyl adjacent to an activating group) is 2. The van der Waals surface area contributed by atoms with Crippen LogP contribution in [0, 0.1) is 5.92 Å². The minimum atomic E-state index is -0.227. The van der Waals surface area contributed by atoms with Gasteiger partial charge in [-0.2, -0.15) is 0 Å². The summed E-state index contributed by atoms with van der Waals surface area (Å²) in [7, 11) is 3.23. The molecule has 0 fully saturated rings. The van der Waals surface area contributed by atoms with E-state index in [-0.39, 0.29) is 12.0 Å². The molecule has 0 saturated carbocycles. The Hall–Kier alpha value is -0.610. The van der Waals surface area contributed by atoms with Gasteiger partial charge >= 0.3 is 5.97 Å². The molecule has 0 aromatic heterocycles. The Morgan fingerprint density at radius 3 is 2.18 bits per heavy atom. The molecule has 0 aliphatic carbocycles. The Morgan fingerprint density at radius 2 is 1.82 bits per heavy atom. The van der Waals surface area contributed by atoms with E-state index in [1.165, 1.54) is 20.0 Å². The highest BCUT2D eigenvalue weighted by Crippen LogP contribution is 2.10. The molecule has 0 aromatic rings. The van der Waals surface area contributed by atoms with E-state index in [9.17, 15) is 4.79 Å². The average molecular weight is 244 g/mol. The lowest BCUT2D eigenvalue weighted by molar-refractivity contribution is -0.143. The first-order valence-electron chi connectivity index (χ1n) is 6.60. The number of rotatable bonds is 9. The van der Waals surface area contributed by atoms with Crippen LogP contribution in [0.3, 0.4) is 0 Å². The molecule has 1 N–H and O–H groups in total. The maximum absolute atomic E-state index is 11.5. The zero-order chi connectivity index (χ0) is 13.3. The quantitative estimate of drug-likeness (QED) is 0.624. The maximum Gasteiger partial charge on any atom is 0.324 e. The van der Waals surface area contributed by atoms with Crippen molar-refractivity contribution in [2.45, 2.75) is 39.7 Å². The van der Waals surface area contributed by atoms with Gasteiger partial charge in [0.2, 0.25) is 0 Å². The largest absolute Gasteiger partial charge is 0.468 e. The van der Waals surface area contributed by atoms with Gasteiger partial charge in [-0.1, -0.05) is 33.6 Å². The third kappa shape index (κ3) is 6.03. The molecule has 0 bridgehead atoms. The Kier molecular flexibility index (Phi) is 9.09. The summed E-state index contributed by atoms with van der Waals surface area (Å²) in [5.74, 6) is 0.528. The summed E-state index contributed by atoms with van der Waals surface area (Å²) in [5.41, 5.74) is 0. The number of carbonyl (C=O) groups is 1. The van der Waals surface area contributed by atoms with Gasteiger partial charge in [-0.15, -0.1) is 0 Å². The number of nitrogens with zero attached hydrogens (tertiary/aromatic N) is 1. The molecule has 0 spiro atoms. The van der Waals surface area contributed by atoms with E-state index in [0.29, 0.717) is 5.92 Å². The highest BCUT2D eigenvalue weighted by molar-refractivity contribution is 5.75. The van der Waals surface area contributed by atoms with Crippen LogP contribution in [0.1, 0.15) is 33.6 Å². The number of hydrogen-bond donors (Lipinski definition) is 1. The smallest absolute Gasteiger partial charge is 0.324 e. The summed E-state index contributed by atoms with van der Waals surface area (Å²) in [6.45, 7) is 9.31. The molecule has 4 heteroatoms. The van der Waals surface area contributed by atoms with Crippen LogP contribution in [0.5, 0.6) is 0 Å². The van der Waals surface area contributed by atoms with Gasteiger partial charge in [-0.05, 0) is 19.5 Å². The van der Waals surface area contributed by atoms with Gasteiger partial charge in [0.25, 0.3) is 0 Å². The van der Waals surface area contributed by atoms with Crippen molar-refractivity contribution in [2.24, 2.45) is 5.92 Å². The lowest BCUT2D eigenvalue weighted by atomic mass is 10.0. The Morgan fingerprint density at radius 1 is 1.24 bits per heavy atom. The second kappa shape index (κ2) is 9.42. The molecule has 0 aliphatic heterocycles. The first kappa shape index (κ1) is 16.4. The zero-order valence-corrected chi connectivity index (χ0v) is 12.0. The van der Waals surface area contributed by atoms with Crippen LogP contribution in [0.4, 0.5) is 0 Å². The van der Waals surface area contributed by atoms with Crippen molar-refractivity contribution in [1.82, 2.24) is 10.2 Å². The van der Waals surface area contributed by atoms with Crippen LogP contribution in [-0.2, 0) is 9.53 Å². The minimum Gasteiger partial charge on any atom is -0.468 e. The predicted molar refractivity (Wildman–Crippen MR) is 71.0 cm³/mol. The molecule has 0 radical (unpaired) electrons. The maximum atomic E-state index is 11.5. The molecule has 0 heterocycles. The highest BCUT2D eigenvalue weighted by Gasteiger charge is 2.20. The summed E-state index contributed by atoms with van der Waals surface area (Å²) < 4.78 is 4.78. The van der Waals surface area contributed by atoms with E-state index < -0.39 is 0 Å². The van der Waals surface area contributed by atoms with Crippen molar-refractivity contribution in [3.8, 4) is 0 Å². The summed E-state index contributed by atoms with van der Waals surface area (Å²) in [6.07, 6.45) is 2.38. The second-order valence-corrected chi connectivity index (χ2v) is 4.40. The van der Waals surface area contributed by atoms with Crippen molar-refractivity contribution >= 4 is 5.97 Å². The minimum absolute atomic E-state index is 0.185. The third-order valence-corrected chi connectivity index (χ3v) is 3.39. The Bertz CT molecular complexity index is 206. The van der Waals surface area contributed by atoms with Gasteiger partial charge in [0.05, 0.1) is 7.11 Å². The standard InChI is InChI=1S/C13H28N2O2/c1-6-11(7-2)9-15(8-3)10-12(14-4)13(16)17-5/h11-12,14H,6-10H2,1-5H3. The fourth-order valence-electron chi connectivity index (χ4n) is 1.93. The number of nitrogens with one attached hydrogen (secondary N) is 1. The Balaban J connectivity index is 4.30. The van der Waals surface area contributed by atoms with E-state index in [1.54, 1.807) is 7.05 Å². The van der Waals surface area contributed by atoms with Gasteiger partial charge in [-0.3, -0.25) is 4.79 Å². The fraction of sp³-hybridized carbons (Fsp3) is 0.923. The van der Waals surface area contributed by atoms with Crippen molar-refractivity contribution < 1.29 is 9.53 Å². The van der Waals surface area contributed by atoms with E-state index >= 15 is 0 Å². The van der Waals surface area contributed by atoms with Crippen molar-refractivity contribution in [3.63, 3.8) is 0 Å². The van der Waals surface area contributed by atoms with Crippen molar-refractivity contribution in [3.05, 3.63) is 0 Å². The van der Waals surface area contributed by atoms with Crippen LogP contribution in [0.15, 0.2) is 0 Å². The monoisotopic (exact) mass is 244 g/mol. The van der Waals surface area contributed by atoms with Crippen LogP contribution < -0.4 is 5.32 Å². The van der Waals surface area contributed by atoms with Crippen LogP contribution in [0.2, 0.25) is 0 Å². The number of hydrogen-bond acceptors (Lipinski definition) is 4. The van der Waals surface area contributed by atoms with Gasteiger partial charge < -0.3 is 15.0 Å². The first-order valence-corrected chi connectivity index (χ1v) is 6.60. The average Bonchev–Trinajstić information content (AvgIpc) is 2.38. The van der Waals surface area contributed by atoms with Gasteiger partial charge in [0.1, 0.15) is 6.04 Å². The number of ether oxygens (including phenoxy) is 1. The van der Waals surface area contributed by atoms with Crippen molar-refractivity contribution in [1.29, 1.82) is 0 Å². The van der Waals surface area contributed by atoms with Crippen LogP contribution in [0.25, 0.3) is 0 Å². The summed E-state index contributed by atoms with van der Waals surface area (Å²) >= 11 is 0. The second-order valence-electron chi connectivity index (χ2n) is 4.40. The lowest BCUT2D eigenvalue weighted by Crippen LogP contribution is -2.46. The molecule has 0 amide bonds.